The lowest BCUT2D eigenvalue weighted by Gasteiger charge is -2.07. The molecule has 1 aromatic heterocycles. The summed E-state index contributed by atoms with van der Waals surface area (Å²) in [5.41, 5.74) is 1.20. The van der Waals surface area contributed by atoms with Gasteiger partial charge in [-0.1, -0.05) is 0 Å². The number of thiophene rings is 1. The van der Waals surface area contributed by atoms with E-state index in [1.54, 1.807) is 52.2 Å². The predicted octanol–water partition coefficient (Wildman–Crippen LogP) is 4.08. The minimum Gasteiger partial charge on any atom is -0.497 e. The molecule has 9 heteroatoms. The second kappa shape index (κ2) is 11.2. The summed E-state index contributed by atoms with van der Waals surface area (Å²) in [7, 11) is 3.07. The van der Waals surface area contributed by atoms with Gasteiger partial charge in [-0.2, -0.15) is 0 Å². The Bertz CT molecular complexity index is 994. The second-order valence-electron chi connectivity index (χ2n) is 6.13. The number of rotatable bonds is 9. The Hall–Kier alpha value is -3.33. The van der Waals surface area contributed by atoms with Crippen molar-refractivity contribution in [2.24, 2.45) is 0 Å². The first-order chi connectivity index (χ1) is 14.9. The number of nitrogens with one attached hydrogen (secondary N) is 1. The number of hydrogen-bond acceptors (Lipinski definition) is 8. The Labute approximate surface area is 184 Å². The van der Waals surface area contributed by atoms with Crippen LogP contribution in [0.3, 0.4) is 0 Å². The second-order valence-corrected chi connectivity index (χ2v) is 7.15. The molecule has 0 radical (unpaired) electrons. The number of ether oxygens (including phenoxy) is 4. The highest BCUT2D eigenvalue weighted by molar-refractivity contribution is 7.18. The van der Waals surface area contributed by atoms with Crippen molar-refractivity contribution in [2.45, 2.75) is 20.8 Å². The van der Waals surface area contributed by atoms with E-state index >= 15 is 0 Å². The van der Waals surface area contributed by atoms with Crippen molar-refractivity contribution in [3.8, 4) is 11.5 Å². The summed E-state index contributed by atoms with van der Waals surface area (Å²) < 4.78 is 20.6. The number of carbonyl (C=O) groups is 3. The van der Waals surface area contributed by atoms with Gasteiger partial charge >= 0.3 is 11.9 Å². The molecule has 8 nitrogen and oxygen atoms in total. The first-order valence-corrected chi connectivity index (χ1v) is 10.4. The van der Waals surface area contributed by atoms with Gasteiger partial charge in [0.05, 0.1) is 33.0 Å². The Kier molecular flexibility index (Phi) is 8.63. The van der Waals surface area contributed by atoms with E-state index < -0.39 is 17.8 Å². The van der Waals surface area contributed by atoms with E-state index in [-0.39, 0.29) is 28.7 Å². The van der Waals surface area contributed by atoms with Gasteiger partial charge in [-0.3, -0.25) is 4.79 Å². The Balaban J connectivity index is 2.31. The van der Waals surface area contributed by atoms with Crippen LogP contribution < -0.4 is 14.8 Å². The SMILES string of the molecule is CCOC(=O)c1sc(NC(=O)/C=C/c2ccc(OC)cc2OC)c(C(=O)OCC)c1C. The van der Waals surface area contributed by atoms with Gasteiger partial charge in [-0.25, -0.2) is 9.59 Å². The molecule has 1 amide bonds. The standard InChI is InChI=1S/C22H25NO7S/c1-6-29-21(25)18-13(3)19(22(26)30-7-2)31-20(18)23-17(24)11-9-14-8-10-15(27-4)12-16(14)28-5/h8-12H,6-7H2,1-5H3,(H,23,24)/b11-9+. The zero-order valence-electron chi connectivity index (χ0n) is 18.1. The van der Waals surface area contributed by atoms with Crippen molar-refractivity contribution < 1.29 is 33.3 Å². The van der Waals surface area contributed by atoms with E-state index in [0.717, 1.165) is 11.3 Å². The van der Waals surface area contributed by atoms with Crippen LogP contribution in [-0.2, 0) is 14.3 Å². The van der Waals surface area contributed by atoms with E-state index in [9.17, 15) is 14.4 Å². The van der Waals surface area contributed by atoms with Crippen LogP contribution >= 0.6 is 11.3 Å². The summed E-state index contributed by atoms with van der Waals surface area (Å²) >= 11 is 0.969. The normalized spacial score (nSPS) is 10.6. The van der Waals surface area contributed by atoms with Crippen molar-refractivity contribution in [1.82, 2.24) is 0 Å². The highest BCUT2D eigenvalue weighted by Gasteiger charge is 2.27. The molecule has 0 aliphatic carbocycles. The first kappa shape index (κ1) is 23.9. The number of hydrogen-bond donors (Lipinski definition) is 1. The Morgan fingerprint density at radius 1 is 1.03 bits per heavy atom. The van der Waals surface area contributed by atoms with Gasteiger partial charge in [0, 0.05) is 17.7 Å². The largest absolute Gasteiger partial charge is 0.497 e. The molecule has 0 bridgehead atoms. The fraction of sp³-hybridized carbons (Fsp3) is 0.318. The molecule has 0 unspecified atom stereocenters. The molecule has 166 valence electrons. The molecule has 1 N–H and O–H groups in total. The van der Waals surface area contributed by atoms with Gasteiger partial charge in [0.2, 0.25) is 5.91 Å². The molecule has 0 atom stereocenters. The maximum absolute atomic E-state index is 12.5. The molecule has 0 spiro atoms. The maximum atomic E-state index is 12.5. The third kappa shape index (κ3) is 5.85. The van der Waals surface area contributed by atoms with Gasteiger partial charge in [0.15, 0.2) is 0 Å². The van der Waals surface area contributed by atoms with Gasteiger partial charge in [0.1, 0.15) is 21.4 Å². The van der Waals surface area contributed by atoms with Crippen LogP contribution in [0.2, 0.25) is 0 Å². The summed E-state index contributed by atoms with van der Waals surface area (Å²) in [5.74, 6) is -0.511. The molecule has 0 fully saturated rings. The average molecular weight is 448 g/mol. The third-order valence-corrected chi connectivity index (χ3v) is 5.37. The zero-order chi connectivity index (χ0) is 23.0. The van der Waals surface area contributed by atoms with Crippen LogP contribution in [-0.4, -0.2) is 45.3 Å². The van der Waals surface area contributed by atoms with Crippen molar-refractivity contribution >= 4 is 40.3 Å². The number of anilines is 1. The quantitative estimate of drug-likeness (QED) is 0.457. The van der Waals surface area contributed by atoms with E-state index in [1.165, 1.54) is 13.2 Å². The number of esters is 2. The summed E-state index contributed by atoms with van der Waals surface area (Å²) in [4.78, 5) is 37.4. The van der Waals surface area contributed by atoms with Crippen molar-refractivity contribution in [3.05, 3.63) is 45.8 Å². The smallest absolute Gasteiger partial charge is 0.348 e. The van der Waals surface area contributed by atoms with Crippen LogP contribution in [0.4, 0.5) is 5.00 Å². The molecule has 2 rings (SSSR count). The van der Waals surface area contributed by atoms with Crippen molar-refractivity contribution in [2.75, 3.05) is 32.8 Å². The maximum Gasteiger partial charge on any atom is 0.348 e. The first-order valence-electron chi connectivity index (χ1n) is 9.54. The lowest BCUT2D eigenvalue weighted by atomic mass is 10.1. The van der Waals surface area contributed by atoms with Gasteiger partial charge in [-0.05, 0) is 44.5 Å². The van der Waals surface area contributed by atoms with E-state index in [1.807, 2.05) is 0 Å². The minimum atomic E-state index is -0.622. The predicted molar refractivity (Wildman–Crippen MR) is 118 cm³/mol. The lowest BCUT2D eigenvalue weighted by molar-refractivity contribution is -0.111. The van der Waals surface area contributed by atoms with E-state index in [2.05, 4.69) is 5.32 Å². The molecule has 1 heterocycles. The fourth-order valence-corrected chi connectivity index (χ4v) is 3.81. The van der Waals surface area contributed by atoms with E-state index in [0.29, 0.717) is 22.6 Å². The van der Waals surface area contributed by atoms with Crippen molar-refractivity contribution in [1.29, 1.82) is 0 Å². The number of benzene rings is 1. The molecular weight excluding hydrogens is 422 g/mol. The Morgan fingerprint density at radius 3 is 2.32 bits per heavy atom. The number of methoxy groups -OCH3 is 2. The van der Waals surface area contributed by atoms with Crippen LogP contribution in [0, 0.1) is 6.92 Å². The van der Waals surface area contributed by atoms with Crippen LogP contribution in [0.15, 0.2) is 24.3 Å². The van der Waals surface area contributed by atoms with Gasteiger partial charge < -0.3 is 24.3 Å². The van der Waals surface area contributed by atoms with Gasteiger partial charge in [-0.15, -0.1) is 11.3 Å². The summed E-state index contributed by atoms with van der Waals surface area (Å²) in [6.07, 6.45) is 2.88. The molecule has 1 aromatic carbocycles. The number of carbonyl (C=O) groups excluding carboxylic acids is 3. The number of amides is 1. The monoisotopic (exact) mass is 447 g/mol. The Morgan fingerprint density at radius 2 is 1.71 bits per heavy atom. The summed E-state index contributed by atoms with van der Waals surface area (Å²) in [6.45, 7) is 5.33. The topological polar surface area (TPSA) is 100 Å². The van der Waals surface area contributed by atoms with Gasteiger partial charge in [0.25, 0.3) is 0 Å². The fourth-order valence-electron chi connectivity index (χ4n) is 2.72. The lowest BCUT2D eigenvalue weighted by Crippen LogP contribution is -2.13. The third-order valence-electron chi connectivity index (χ3n) is 4.18. The highest BCUT2D eigenvalue weighted by atomic mass is 32.1. The van der Waals surface area contributed by atoms with Crippen LogP contribution in [0.1, 0.15) is 45.0 Å². The van der Waals surface area contributed by atoms with Crippen molar-refractivity contribution in [3.63, 3.8) is 0 Å². The van der Waals surface area contributed by atoms with Crippen LogP contribution in [0.5, 0.6) is 11.5 Å². The minimum absolute atomic E-state index is 0.138. The molecule has 31 heavy (non-hydrogen) atoms. The summed E-state index contributed by atoms with van der Waals surface area (Å²) in [5, 5.41) is 2.87. The molecule has 2 aromatic rings. The van der Waals surface area contributed by atoms with Crippen LogP contribution in [0.25, 0.3) is 6.08 Å². The molecular formula is C22H25NO7S. The molecule has 0 aliphatic rings. The molecule has 0 aliphatic heterocycles. The molecule has 0 saturated carbocycles. The highest BCUT2D eigenvalue weighted by Crippen LogP contribution is 2.34. The molecule has 0 saturated heterocycles. The summed E-state index contributed by atoms with van der Waals surface area (Å²) in [6, 6.07) is 5.19. The average Bonchev–Trinajstić information content (AvgIpc) is 3.08. The zero-order valence-corrected chi connectivity index (χ0v) is 18.9. The van der Waals surface area contributed by atoms with E-state index in [4.69, 9.17) is 18.9 Å².